The number of nitrogens with zero attached hydrogens (tertiary/aromatic N) is 2. The zero-order valence-electron chi connectivity index (χ0n) is 10.2. The van der Waals surface area contributed by atoms with Crippen molar-refractivity contribution in [2.45, 2.75) is 6.42 Å². The number of carbonyl (C=O) groups is 1. The zero-order valence-corrected chi connectivity index (χ0v) is 10.9. The fourth-order valence-electron chi connectivity index (χ4n) is 1.65. The first-order valence-corrected chi connectivity index (χ1v) is 5.87. The second-order valence-electron chi connectivity index (χ2n) is 4.00. The van der Waals surface area contributed by atoms with Crippen LogP contribution in [0.4, 0.5) is 15.9 Å². The fraction of sp³-hybridized carbons (Fsp3) is 0.167. The predicted molar refractivity (Wildman–Crippen MR) is 71.4 cm³/mol. The van der Waals surface area contributed by atoms with Crippen LogP contribution in [0.1, 0.15) is 5.56 Å². The van der Waals surface area contributed by atoms with Gasteiger partial charge in [-0.25, -0.2) is 4.39 Å². The van der Waals surface area contributed by atoms with Gasteiger partial charge in [-0.3, -0.25) is 9.48 Å². The molecule has 0 saturated heterocycles. The van der Waals surface area contributed by atoms with E-state index in [1.54, 1.807) is 7.05 Å². The highest BCUT2D eigenvalue weighted by molar-refractivity contribution is 6.31. The first kappa shape index (κ1) is 13.4. The first-order valence-electron chi connectivity index (χ1n) is 5.49. The third-order valence-electron chi connectivity index (χ3n) is 2.62. The molecular formula is C12H12ClFN4O. The lowest BCUT2D eigenvalue weighted by atomic mass is 10.1. The average Bonchev–Trinajstić information content (AvgIpc) is 2.66. The lowest BCUT2D eigenvalue weighted by Gasteiger charge is -2.08. The number of nitrogen functional groups attached to an aromatic ring is 1. The Balaban J connectivity index is 2.14. The molecule has 0 spiro atoms. The van der Waals surface area contributed by atoms with E-state index >= 15 is 0 Å². The van der Waals surface area contributed by atoms with Crippen LogP contribution in [-0.4, -0.2) is 15.7 Å². The van der Waals surface area contributed by atoms with E-state index in [0.717, 1.165) is 0 Å². The second-order valence-corrected chi connectivity index (χ2v) is 4.40. The van der Waals surface area contributed by atoms with Crippen LogP contribution in [0.25, 0.3) is 0 Å². The summed E-state index contributed by atoms with van der Waals surface area (Å²) in [5.74, 6) is -0.555. The lowest BCUT2D eigenvalue weighted by molar-refractivity contribution is -0.115. The van der Waals surface area contributed by atoms with E-state index in [1.165, 1.54) is 29.1 Å². The first-order chi connectivity index (χ1) is 8.99. The van der Waals surface area contributed by atoms with Crippen molar-refractivity contribution in [3.05, 3.63) is 40.8 Å². The van der Waals surface area contributed by atoms with Crippen LogP contribution in [0.2, 0.25) is 5.02 Å². The molecule has 0 fully saturated rings. The minimum Gasteiger partial charge on any atom is -0.394 e. The van der Waals surface area contributed by atoms with Crippen LogP contribution in [0, 0.1) is 5.82 Å². The van der Waals surface area contributed by atoms with Crippen LogP contribution < -0.4 is 11.1 Å². The Morgan fingerprint density at radius 1 is 1.58 bits per heavy atom. The number of aryl methyl sites for hydroxylation is 1. The molecule has 0 saturated carbocycles. The Morgan fingerprint density at radius 2 is 2.32 bits per heavy atom. The molecule has 0 bridgehead atoms. The Bertz CT molecular complexity index is 586. The van der Waals surface area contributed by atoms with Gasteiger partial charge in [-0.1, -0.05) is 17.7 Å². The molecule has 0 aliphatic carbocycles. The molecule has 3 N–H and O–H groups in total. The molecule has 1 aromatic heterocycles. The minimum absolute atomic E-state index is 0.155. The van der Waals surface area contributed by atoms with E-state index < -0.39 is 11.7 Å². The largest absolute Gasteiger partial charge is 0.394 e. The zero-order chi connectivity index (χ0) is 14.0. The number of anilines is 2. The Labute approximate surface area is 114 Å². The molecule has 0 aliphatic rings. The molecule has 19 heavy (non-hydrogen) atoms. The molecule has 1 heterocycles. The van der Waals surface area contributed by atoms with Crippen LogP contribution in [0.15, 0.2) is 24.4 Å². The normalized spacial score (nSPS) is 10.5. The van der Waals surface area contributed by atoms with Gasteiger partial charge in [-0.05, 0) is 12.1 Å². The van der Waals surface area contributed by atoms with Crippen molar-refractivity contribution in [1.29, 1.82) is 0 Å². The highest BCUT2D eigenvalue weighted by Gasteiger charge is 2.14. The molecule has 100 valence electrons. The van der Waals surface area contributed by atoms with Crippen LogP contribution in [-0.2, 0) is 18.3 Å². The van der Waals surface area contributed by atoms with Gasteiger partial charge >= 0.3 is 0 Å². The number of amides is 1. The van der Waals surface area contributed by atoms with Gasteiger partial charge in [0.1, 0.15) is 5.82 Å². The highest BCUT2D eigenvalue weighted by Crippen LogP contribution is 2.21. The molecule has 7 heteroatoms. The Morgan fingerprint density at radius 3 is 2.89 bits per heavy atom. The van der Waals surface area contributed by atoms with E-state index in [0.29, 0.717) is 11.5 Å². The van der Waals surface area contributed by atoms with Crippen molar-refractivity contribution in [2.24, 2.45) is 7.05 Å². The topological polar surface area (TPSA) is 72.9 Å². The molecular weight excluding hydrogens is 271 g/mol. The van der Waals surface area contributed by atoms with Gasteiger partial charge in [0.25, 0.3) is 0 Å². The molecule has 0 atom stereocenters. The van der Waals surface area contributed by atoms with Crippen molar-refractivity contribution in [2.75, 3.05) is 11.1 Å². The molecule has 5 nitrogen and oxygen atoms in total. The quantitative estimate of drug-likeness (QED) is 0.904. The highest BCUT2D eigenvalue weighted by atomic mass is 35.5. The van der Waals surface area contributed by atoms with Crippen molar-refractivity contribution < 1.29 is 9.18 Å². The summed E-state index contributed by atoms with van der Waals surface area (Å²) < 4.78 is 15.0. The summed E-state index contributed by atoms with van der Waals surface area (Å²) in [6.45, 7) is 0. The van der Waals surface area contributed by atoms with Crippen molar-refractivity contribution in [3.63, 3.8) is 0 Å². The van der Waals surface area contributed by atoms with Gasteiger partial charge in [0.05, 0.1) is 18.3 Å². The summed E-state index contributed by atoms with van der Waals surface area (Å²) >= 11 is 5.86. The number of benzene rings is 1. The smallest absolute Gasteiger partial charge is 0.230 e. The Kier molecular flexibility index (Phi) is 3.71. The summed E-state index contributed by atoms with van der Waals surface area (Å²) in [7, 11) is 1.64. The van der Waals surface area contributed by atoms with Gasteiger partial charge in [-0.2, -0.15) is 5.10 Å². The van der Waals surface area contributed by atoms with Crippen molar-refractivity contribution in [1.82, 2.24) is 9.78 Å². The number of hydrogen-bond acceptors (Lipinski definition) is 3. The van der Waals surface area contributed by atoms with Gasteiger partial charge in [0, 0.05) is 17.6 Å². The van der Waals surface area contributed by atoms with Crippen molar-refractivity contribution >= 4 is 29.0 Å². The van der Waals surface area contributed by atoms with E-state index in [9.17, 15) is 9.18 Å². The molecule has 1 aromatic carbocycles. The van der Waals surface area contributed by atoms with Crippen molar-refractivity contribution in [3.8, 4) is 0 Å². The summed E-state index contributed by atoms with van der Waals surface area (Å²) in [4.78, 5) is 11.9. The molecule has 1 amide bonds. The van der Waals surface area contributed by atoms with Crippen LogP contribution in [0.3, 0.4) is 0 Å². The summed E-state index contributed by atoms with van der Waals surface area (Å²) in [6, 6.07) is 4.27. The minimum atomic E-state index is -0.513. The average molecular weight is 283 g/mol. The molecule has 0 aliphatic heterocycles. The fourth-order valence-corrected chi connectivity index (χ4v) is 1.88. The van der Waals surface area contributed by atoms with E-state index in [1.807, 2.05) is 0 Å². The summed E-state index contributed by atoms with van der Waals surface area (Å²) in [6.07, 6.45) is 1.25. The monoisotopic (exact) mass is 282 g/mol. The third-order valence-corrected chi connectivity index (χ3v) is 2.98. The summed E-state index contributed by atoms with van der Waals surface area (Å²) in [5, 5.41) is 6.68. The van der Waals surface area contributed by atoms with Gasteiger partial charge in [0.2, 0.25) is 5.91 Å². The molecule has 0 unspecified atom stereocenters. The van der Waals surface area contributed by atoms with Gasteiger partial charge in [-0.15, -0.1) is 0 Å². The number of carbonyl (C=O) groups excluding carboxylic acids is 1. The van der Waals surface area contributed by atoms with E-state index in [4.69, 9.17) is 17.3 Å². The Hall–Kier alpha value is -2.08. The number of halogens is 2. The maximum Gasteiger partial charge on any atom is 0.230 e. The number of nitrogens with two attached hydrogens (primary N) is 1. The predicted octanol–water partition coefficient (Wildman–Crippen LogP) is 1.98. The van der Waals surface area contributed by atoms with Gasteiger partial charge in [0.15, 0.2) is 5.82 Å². The SMILES string of the molecule is Cn1ncc(N)c1NC(=O)Cc1c(F)cccc1Cl. The van der Waals surface area contributed by atoms with Crippen LogP contribution >= 0.6 is 11.6 Å². The summed E-state index contributed by atoms with van der Waals surface area (Å²) in [5.41, 5.74) is 6.14. The lowest BCUT2D eigenvalue weighted by Crippen LogP contribution is -2.18. The maximum atomic E-state index is 13.5. The number of hydrogen-bond donors (Lipinski definition) is 2. The molecule has 2 aromatic rings. The number of nitrogens with one attached hydrogen (secondary N) is 1. The maximum absolute atomic E-state index is 13.5. The standard InChI is InChI=1S/C12H12ClFN4O/c1-18-12(10(15)6-16-18)17-11(19)5-7-8(13)3-2-4-9(7)14/h2-4,6H,5,15H2,1H3,(H,17,19). The van der Waals surface area contributed by atoms with Gasteiger partial charge < -0.3 is 11.1 Å². The molecule has 2 rings (SSSR count). The third kappa shape index (κ3) is 2.85. The second kappa shape index (κ2) is 5.27. The molecule has 0 radical (unpaired) electrons. The van der Waals surface area contributed by atoms with E-state index in [2.05, 4.69) is 10.4 Å². The van der Waals surface area contributed by atoms with Crippen LogP contribution in [0.5, 0.6) is 0 Å². The number of aromatic nitrogens is 2. The number of rotatable bonds is 3. The van der Waals surface area contributed by atoms with E-state index in [-0.39, 0.29) is 17.0 Å².